The van der Waals surface area contributed by atoms with Gasteiger partial charge in [0.1, 0.15) is 0 Å². The number of hydrogen-bond donors (Lipinski definition) is 1. The summed E-state index contributed by atoms with van der Waals surface area (Å²) in [5, 5.41) is 0. The van der Waals surface area contributed by atoms with Gasteiger partial charge in [0.2, 0.25) is 0 Å². The highest BCUT2D eigenvalue weighted by Crippen LogP contribution is 2.25. The van der Waals surface area contributed by atoms with Crippen LogP contribution in [0.3, 0.4) is 0 Å². The van der Waals surface area contributed by atoms with Crippen molar-refractivity contribution in [3.63, 3.8) is 0 Å². The molecule has 2 rings (SSSR count). The van der Waals surface area contributed by atoms with E-state index in [2.05, 4.69) is 16.7 Å². The highest BCUT2D eigenvalue weighted by molar-refractivity contribution is 8.00. The summed E-state index contributed by atoms with van der Waals surface area (Å²) in [6.45, 7) is 4.92. The van der Waals surface area contributed by atoms with Crippen LogP contribution >= 0.6 is 11.8 Å². The lowest BCUT2D eigenvalue weighted by atomic mass is 10.1. The Labute approximate surface area is 84.0 Å². The van der Waals surface area contributed by atoms with E-state index in [1.807, 2.05) is 0 Å². The first kappa shape index (κ1) is 9.77. The number of ether oxygens (including phenoxy) is 1. The maximum atomic E-state index is 5.59. The van der Waals surface area contributed by atoms with E-state index in [9.17, 15) is 0 Å². The standard InChI is InChI=1S/C9H18N2OS/c10-3-9-5-11(1-2-12-9)4-8-6-13-7-8/h8-9H,1-7,10H2. The lowest BCUT2D eigenvalue weighted by Gasteiger charge is -2.36. The molecule has 3 nitrogen and oxygen atoms in total. The summed E-state index contributed by atoms with van der Waals surface area (Å²) < 4.78 is 5.52. The zero-order valence-electron chi connectivity index (χ0n) is 7.95. The molecule has 1 unspecified atom stereocenters. The maximum Gasteiger partial charge on any atom is 0.0824 e. The summed E-state index contributed by atoms with van der Waals surface area (Å²) in [7, 11) is 0. The van der Waals surface area contributed by atoms with Gasteiger partial charge in [-0.05, 0) is 17.4 Å². The first-order valence-electron chi connectivity index (χ1n) is 5.00. The third kappa shape index (κ3) is 2.59. The molecule has 0 radical (unpaired) electrons. The van der Waals surface area contributed by atoms with Crippen LogP contribution in [0, 0.1) is 5.92 Å². The molecular weight excluding hydrogens is 184 g/mol. The van der Waals surface area contributed by atoms with Gasteiger partial charge in [-0.25, -0.2) is 0 Å². The van der Waals surface area contributed by atoms with Crippen LogP contribution in [0.15, 0.2) is 0 Å². The molecule has 0 aromatic rings. The van der Waals surface area contributed by atoms with Gasteiger partial charge in [-0.3, -0.25) is 4.90 Å². The first-order valence-corrected chi connectivity index (χ1v) is 6.15. The average molecular weight is 202 g/mol. The number of nitrogens with zero attached hydrogens (tertiary/aromatic N) is 1. The fourth-order valence-electron chi connectivity index (χ4n) is 1.84. The minimum atomic E-state index is 0.279. The monoisotopic (exact) mass is 202 g/mol. The molecule has 0 amide bonds. The summed E-state index contributed by atoms with van der Waals surface area (Å²) in [4.78, 5) is 2.51. The third-order valence-corrected chi connectivity index (χ3v) is 4.12. The molecule has 2 aliphatic rings. The Morgan fingerprint density at radius 1 is 1.46 bits per heavy atom. The van der Waals surface area contributed by atoms with E-state index >= 15 is 0 Å². The second kappa shape index (κ2) is 4.64. The number of rotatable bonds is 3. The molecule has 2 fully saturated rings. The molecule has 0 spiro atoms. The van der Waals surface area contributed by atoms with Crippen LogP contribution in [0.2, 0.25) is 0 Å². The maximum absolute atomic E-state index is 5.59. The second-order valence-electron chi connectivity index (χ2n) is 3.89. The first-order chi connectivity index (χ1) is 6.38. The van der Waals surface area contributed by atoms with Gasteiger partial charge in [-0.2, -0.15) is 11.8 Å². The zero-order chi connectivity index (χ0) is 9.10. The van der Waals surface area contributed by atoms with E-state index in [1.165, 1.54) is 18.1 Å². The van der Waals surface area contributed by atoms with Gasteiger partial charge < -0.3 is 10.5 Å². The Morgan fingerprint density at radius 2 is 2.31 bits per heavy atom. The molecular formula is C9H18N2OS. The Balaban J connectivity index is 1.71. The molecule has 4 heteroatoms. The van der Waals surface area contributed by atoms with Gasteiger partial charge in [0.05, 0.1) is 12.7 Å². The van der Waals surface area contributed by atoms with E-state index in [0.717, 1.165) is 25.6 Å². The summed E-state index contributed by atoms with van der Waals surface area (Å²) in [6, 6.07) is 0. The van der Waals surface area contributed by atoms with Crippen molar-refractivity contribution in [2.75, 3.05) is 44.3 Å². The van der Waals surface area contributed by atoms with Gasteiger partial charge in [-0.15, -0.1) is 0 Å². The summed E-state index contributed by atoms with van der Waals surface area (Å²) >= 11 is 2.06. The van der Waals surface area contributed by atoms with Crippen molar-refractivity contribution in [2.24, 2.45) is 11.7 Å². The van der Waals surface area contributed by atoms with Crippen LogP contribution in [0.25, 0.3) is 0 Å². The minimum Gasteiger partial charge on any atom is -0.374 e. The average Bonchev–Trinajstić information content (AvgIpc) is 2.12. The SMILES string of the molecule is NCC1CN(CC2CSC2)CCO1. The van der Waals surface area contributed by atoms with Crippen LogP contribution < -0.4 is 5.73 Å². The molecule has 0 bridgehead atoms. The largest absolute Gasteiger partial charge is 0.374 e. The fourth-order valence-corrected chi connectivity index (χ4v) is 2.62. The highest BCUT2D eigenvalue weighted by Gasteiger charge is 2.25. The normalized spacial score (nSPS) is 31.6. The molecule has 2 saturated heterocycles. The highest BCUT2D eigenvalue weighted by atomic mass is 32.2. The Bertz CT molecular complexity index is 162. The number of thioether (sulfide) groups is 1. The van der Waals surface area contributed by atoms with Crippen LogP contribution in [-0.2, 0) is 4.74 Å². The van der Waals surface area contributed by atoms with Gasteiger partial charge in [-0.1, -0.05) is 0 Å². The molecule has 1 atom stereocenters. The van der Waals surface area contributed by atoms with Crippen molar-refractivity contribution in [2.45, 2.75) is 6.10 Å². The van der Waals surface area contributed by atoms with E-state index in [1.54, 1.807) is 0 Å². The van der Waals surface area contributed by atoms with Crippen molar-refractivity contribution < 1.29 is 4.74 Å². The van der Waals surface area contributed by atoms with Gasteiger partial charge in [0.25, 0.3) is 0 Å². The number of nitrogens with two attached hydrogens (primary N) is 1. The van der Waals surface area contributed by atoms with Gasteiger partial charge in [0.15, 0.2) is 0 Å². The molecule has 0 saturated carbocycles. The summed E-state index contributed by atoms with van der Waals surface area (Å²) in [5.41, 5.74) is 5.59. The Hall–Kier alpha value is 0.230. The van der Waals surface area contributed by atoms with Gasteiger partial charge >= 0.3 is 0 Å². The lowest BCUT2D eigenvalue weighted by Crippen LogP contribution is -2.48. The van der Waals surface area contributed by atoms with E-state index in [0.29, 0.717) is 6.54 Å². The lowest BCUT2D eigenvalue weighted by molar-refractivity contribution is -0.0264. The predicted molar refractivity (Wildman–Crippen MR) is 56.0 cm³/mol. The van der Waals surface area contributed by atoms with Crippen molar-refractivity contribution in [3.05, 3.63) is 0 Å². The van der Waals surface area contributed by atoms with Crippen LogP contribution in [0.1, 0.15) is 0 Å². The van der Waals surface area contributed by atoms with E-state index in [4.69, 9.17) is 10.5 Å². The smallest absolute Gasteiger partial charge is 0.0824 e. The van der Waals surface area contributed by atoms with Crippen LogP contribution in [0.5, 0.6) is 0 Å². The zero-order valence-corrected chi connectivity index (χ0v) is 8.76. The number of morpholine rings is 1. The second-order valence-corrected chi connectivity index (χ2v) is 4.97. The molecule has 0 aromatic heterocycles. The molecule has 2 aliphatic heterocycles. The van der Waals surface area contributed by atoms with Gasteiger partial charge in [0, 0.05) is 26.2 Å². The molecule has 2 heterocycles. The minimum absolute atomic E-state index is 0.279. The number of hydrogen-bond acceptors (Lipinski definition) is 4. The molecule has 2 N–H and O–H groups in total. The quantitative estimate of drug-likeness (QED) is 0.699. The topological polar surface area (TPSA) is 38.5 Å². The fraction of sp³-hybridized carbons (Fsp3) is 1.00. The third-order valence-electron chi connectivity index (χ3n) is 2.71. The Kier molecular flexibility index (Phi) is 3.49. The van der Waals surface area contributed by atoms with Crippen LogP contribution in [0.4, 0.5) is 0 Å². The van der Waals surface area contributed by atoms with Crippen molar-refractivity contribution >= 4 is 11.8 Å². The Morgan fingerprint density at radius 3 is 2.92 bits per heavy atom. The van der Waals surface area contributed by atoms with Crippen molar-refractivity contribution in [3.8, 4) is 0 Å². The molecule has 0 aliphatic carbocycles. The molecule has 76 valence electrons. The van der Waals surface area contributed by atoms with E-state index in [-0.39, 0.29) is 6.10 Å². The van der Waals surface area contributed by atoms with Crippen molar-refractivity contribution in [1.82, 2.24) is 4.90 Å². The molecule has 0 aromatic carbocycles. The summed E-state index contributed by atoms with van der Waals surface area (Å²) in [5.74, 6) is 3.64. The summed E-state index contributed by atoms with van der Waals surface area (Å²) in [6.07, 6.45) is 0.279. The van der Waals surface area contributed by atoms with E-state index < -0.39 is 0 Å². The van der Waals surface area contributed by atoms with Crippen molar-refractivity contribution in [1.29, 1.82) is 0 Å². The predicted octanol–water partition coefficient (Wildman–Crippen LogP) is 0.00890. The molecule has 13 heavy (non-hydrogen) atoms. The van der Waals surface area contributed by atoms with Crippen LogP contribution in [-0.4, -0.2) is 55.3 Å².